The molecule has 0 saturated heterocycles. The van der Waals surface area contributed by atoms with Crippen LogP contribution in [0.1, 0.15) is 42.6 Å². The highest BCUT2D eigenvalue weighted by Gasteiger charge is 2.26. The smallest absolute Gasteiger partial charge is 0.273 e. The summed E-state index contributed by atoms with van der Waals surface area (Å²) in [6.45, 7) is 5.28. The molecule has 1 unspecified atom stereocenters. The molecular weight excluding hydrogens is 260 g/mol. The molecule has 0 bridgehead atoms. The van der Waals surface area contributed by atoms with Crippen LogP contribution in [-0.4, -0.2) is 28.1 Å². The maximum absolute atomic E-state index is 12.3. The molecule has 0 aliphatic rings. The maximum Gasteiger partial charge on any atom is 0.273 e. The van der Waals surface area contributed by atoms with E-state index in [9.17, 15) is 14.9 Å². The number of benzene rings is 1. The van der Waals surface area contributed by atoms with Gasteiger partial charge in [-0.2, -0.15) is 0 Å². The third-order valence-corrected chi connectivity index (χ3v) is 3.61. The molecule has 0 aromatic heterocycles. The van der Waals surface area contributed by atoms with Crippen LogP contribution in [0.3, 0.4) is 0 Å². The summed E-state index contributed by atoms with van der Waals surface area (Å²) in [5.74, 6) is -0.357. The van der Waals surface area contributed by atoms with Crippen molar-refractivity contribution in [1.29, 1.82) is 0 Å². The Hall–Kier alpha value is -1.95. The Morgan fingerprint density at radius 2 is 2.15 bits per heavy atom. The molecule has 0 aliphatic carbocycles. The number of carbonyl (C=O) groups excluding carboxylic acids is 1. The van der Waals surface area contributed by atoms with Crippen LogP contribution in [0, 0.1) is 17.0 Å². The van der Waals surface area contributed by atoms with E-state index in [1.165, 1.54) is 12.1 Å². The normalized spacial score (nSPS) is 13.6. The SMILES string of the molecule is CCC(C)(CCO)NC(=O)c1cccc([N+](=O)[O-])c1C. The molecule has 6 heteroatoms. The minimum atomic E-state index is -0.525. The first-order valence-corrected chi connectivity index (χ1v) is 6.52. The van der Waals surface area contributed by atoms with Gasteiger partial charge in [0.05, 0.1) is 4.92 Å². The van der Waals surface area contributed by atoms with E-state index in [1.807, 2.05) is 13.8 Å². The molecular formula is C14H20N2O4. The lowest BCUT2D eigenvalue weighted by Crippen LogP contribution is -2.46. The highest BCUT2D eigenvalue weighted by atomic mass is 16.6. The molecule has 1 atom stereocenters. The largest absolute Gasteiger partial charge is 0.396 e. The lowest BCUT2D eigenvalue weighted by Gasteiger charge is -2.29. The van der Waals surface area contributed by atoms with Crippen molar-refractivity contribution in [1.82, 2.24) is 5.32 Å². The zero-order valence-electron chi connectivity index (χ0n) is 12.0. The number of hydrogen-bond acceptors (Lipinski definition) is 4. The summed E-state index contributed by atoms with van der Waals surface area (Å²) in [4.78, 5) is 22.7. The number of rotatable bonds is 6. The van der Waals surface area contributed by atoms with Gasteiger partial charge in [0.2, 0.25) is 0 Å². The number of nitro benzene ring substituents is 1. The van der Waals surface area contributed by atoms with Crippen LogP contribution in [0.4, 0.5) is 5.69 Å². The predicted molar refractivity (Wildman–Crippen MR) is 75.7 cm³/mol. The standard InChI is InChI=1S/C14H20N2O4/c1-4-14(3,8-9-17)15-13(18)11-6-5-7-12(10(11)2)16(19)20/h5-7,17H,4,8-9H2,1-3H3,(H,15,18). The molecule has 1 aromatic rings. The Balaban J connectivity index is 3.04. The van der Waals surface area contributed by atoms with E-state index in [2.05, 4.69) is 5.32 Å². The quantitative estimate of drug-likeness (QED) is 0.617. The van der Waals surface area contributed by atoms with E-state index in [0.29, 0.717) is 18.4 Å². The third kappa shape index (κ3) is 3.54. The van der Waals surface area contributed by atoms with E-state index < -0.39 is 10.5 Å². The van der Waals surface area contributed by atoms with Crippen molar-refractivity contribution in [3.05, 3.63) is 39.4 Å². The highest BCUT2D eigenvalue weighted by molar-refractivity contribution is 5.97. The molecule has 20 heavy (non-hydrogen) atoms. The molecule has 0 heterocycles. The fourth-order valence-corrected chi connectivity index (χ4v) is 1.98. The number of nitro groups is 1. The Kier molecular flexibility index (Phi) is 5.21. The summed E-state index contributed by atoms with van der Waals surface area (Å²) < 4.78 is 0. The number of nitrogens with zero attached hydrogens (tertiary/aromatic N) is 1. The van der Waals surface area contributed by atoms with E-state index >= 15 is 0 Å². The fourth-order valence-electron chi connectivity index (χ4n) is 1.98. The van der Waals surface area contributed by atoms with Crippen LogP contribution in [-0.2, 0) is 0 Å². The van der Waals surface area contributed by atoms with Crippen LogP contribution in [0.25, 0.3) is 0 Å². The number of aliphatic hydroxyl groups is 1. The van der Waals surface area contributed by atoms with Crippen molar-refractivity contribution in [3.63, 3.8) is 0 Å². The van der Waals surface area contributed by atoms with Crippen molar-refractivity contribution in [2.75, 3.05) is 6.61 Å². The molecule has 110 valence electrons. The molecule has 0 radical (unpaired) electrons. The second-order valence-corrected chi connectivity index (χ2v) is 5.05. The molecule has 6 nitrogen and oxygen atoms in total. The van der Waals surface area contributed by atoms with Crippen LogP contribution in [0.2, 0.25) is 0 Å². The molecule has 1 rings (SSSR count). The van der Waals surface area contributed by atoms with Crippen LogP contribution in [0.5, 0.6) is 0 Å². The first kappa shape index (κ1) is 16.1. The van der Waals surface area contributed by atoms with E-state index in [4.69, 9.17) is 5.11 Å². The van der Waals surface area contributed by atoms with Crippen molar-refractivity contribution < 1.29 is 14.8 Å². The summed E-state index contributed by atoms with van der Waals surface area (Å²) in [6, 6.07) is 4.43. The second-order valence-electron chi connectivity index (χ2n) is 5.05. The number of aliphatic hydroxyl groups excluding tert-OH is 1. The highest BCUT2D eigenvalue weighted by Crippen LogP contribution is 2.22. The summed E-state index contributed by atoms with van der Waals surface area (Å²) >= 11 is 0. The van der Waals surface area contributed by atoms with Crippen molar-refractivity contribution >= 4 is 11.6 Å². The zero-order valence-corrected chi connectivity index (χ0v) is 12.0. The minimum absolute atomic E-state index is 0.0292. The van der Waals surface area contributed by atoms with E-state index in [-0.39, 0.29) is 23.8 Å². The first-order valence-electron chi connectivity index (χ1n) is 6.52. The summed E-state index contributed by atoms with van der Waals surface area (Å²) in [6.07, 6.45) is 1.09. The van der Waals surface area contributed by atoms with E-state index in [0.717, 1.165) is 0 Å². The van der Waals surface area contributed by atoms with Gasteiger partial charge < -0.3 is 10.4 Å². The van der Waals surface area contributed by atoms with Crippen molar-refractivity contribution in [3.8, 4) is 0 Å². The van der Waals surface area contributed by atoms with Gasteiger partial charge >= 0.3 is 0 Å². The average molecular weight is 280 g/mol. The fraction of sp³-hybridized carbons (Fsp3) is 0.500. The molecule has 0 spiro atoms. The minimum Gasteiger partial charge on any atom is -0.396 e. The molecule has 1 aromatic carbocycles. The summed E-state index contributed by atoms with van der Waals surface area (Å²) in [5.41, 5.74) is 0.0374. The number of nitrogens with one attached hydrogen (secondary N) is 1. The molecule has 0 saturated carbocycles. The Labute approximate surface area is 118 Å². The van der Waals surface area contributed by atoms with Crippen LogP contribution >= 0.6 is 0 Å². The lowest BCUT2D eigenvalue weighted by molar-refractivity contribution is -0.385. The average Bonchev–Trinajstić information content (AvgIpc) is 2.38. The lowest BCUT2D eigenvalue weighted by atomic mass is 9.94. The predicted octanol–water partition coefficient (Wildman–Crippen LogP) is 2.18. The Morgan fingerprint density at radius 3 is 2.65 bits per heavy atom. The zero-order chi connectivity index (χ0) is 15.3. The van der Waals surface area contributed by atoms with Gasteiger partial charge in [-0.1, -0.05) is 13.0 Å². The van der Waals surface area contributed by atoms with Gasteiger partial charge in [0.25, 0.3) is 11.6 Å². The molecule has 1 amide bonds. The van der Waals surface area contributed by atoms with Crippen molar-refractivity contribution in [2.45, 2.75) is 39.2 Å². The van der Waals surface area contributed by atoms with Crippen molar-refractivity contribution in [2.24, 2.45) is 0 Å². The van der Waals surface area contributed by atoms with Gasteiger partial charge in [0, 0.05) is 29.3 Å². The summed E-state index contributed by atoms with van der Waals surface area (Å²) in [7, 11) is 0. The van der Waals surface area contributed by atoms with Gasteiger partial charge in [-0.25, -0.2) is 0 Å². The monoisotopic (exact) mass is 280 g/mol. The number of carbonyl (C=O) groups is 1. The first-order chi connectivity index (χ1) is 9.34. The number of hydrogen-bond donors (Lipinski definition) is 2. The molecule has 2 N–H and O–H groups in total. The van der Waals surface area contributed by atoms with Gasteiger partial charge in [-0.3, -0.25) is 14.9 Å². The van der Waals surface area contributed by atoms with Gasteiger partial charge in [-0.05, 0) is 32.8 Å². The maximum atomic E-state index is 12.3. The van der Waals surface area contributed by atoms with E-state index in [1.54, 1.807) is 13.0 Å². The third-order valence-electron chi connectivity index (χ3n) is 3.61. The van der Waals surface area contributed by atoms with Gasteiger partial charge in [0.15, 0.2) is 0 Å². The van der Waals surface area contributed by atoms with Crippen LogP contribution < -0.4 is 5.32 Å². The Morgan fingerprint density at radius 1 is 1.50 bits per heavy atom. The number of amides is 1. The van der Waals surface area contributed by atoms with Crippen LogP contribution in [0.15, 0.2) is 18.2 Å². The molecule has 0 fully saturated rings. The second kappa shape index (κ2) is 6.47. The molecule has 0 aliphatic heterocycles. The van der Waals surface area contributed by atoms with Gasteiger partial charge in [-0.15, -0.1) is 0 Å². The summed E-state index contributed by atoms with van der Waals surface area (Å²) in [5, 5.41) is 22.8. The Bertz CT molecular complexity index is 516. The van der Waals surface area contributed by atoms with Gasteiger partial charge in [0.1, 0.15) is 0 Å². The topological polar surface area (TPSA) is 92.5 Å².